The van der Waals surface area contributed by atoms with Gasteiger partial charge in [0.25, 0.3) is 0 Å². The fourth-order valence-electron chi connectivity index (χ4n) is 2.05. The van der Waals surface area contributed by atoms with Crippen molar-refractivity contribution in [1.29, 1.82) is 0 Å². The maximum absolute atomic E-state index is 5.72. The Bertz CT molecular complexity index is 586. The summed E-state index contributed by atoms with van der Waals surface area (Å²) < 4.78 is 21.8. The molecule has 0 aromatic heterocycles. The van der Waals surface area contributed by atoms with Crippen LogP contribution >= 0.6 is 0 Å². The molecule has 0 radical (unpaired) electrons. The van der Waals surface area contributed by atoms with Crippen LogP contribution < -0.4 is 14.2 Å². The van der Waals surface area contributed by atoms with Crippen LogP contribution in [0.2, 0.25) is 0 Å². The van der Waals surface area contributed by atoms with Gasteiger partial charge in [-0.05, 0) is 23.8 Å². The Hall–Kier alpha value is -2.46. The summed E-state index contributed by atoms with van der Waals surface area (Å²) in [5.41, 5.74) is 1.16. The molecule has 0 amide bonds. The topological polar surface area (TPSA) is 36.9 Å². The van der Waals surface area contributed by atoms with Crippen molar-refractivity contribution in [2.24, 2.45) is 0 Å². The van der Waals surface area contributed by atoms with Gasteiger partial charge in [-0.25, -0.2) is 0 Å². The number of benzene rings is 2. The van der Waals surface area contributed by atoms with Gasteiger partial charge >= 0.3 is 0 Å². The van der Waals surface area contributed by atoms with E-state index >= 15 is 0 Å². The van der Waals surface area contributed by atoms with Gasteiger partial charge in [0.15, 0.2) is 11.5 Å². The SMILES string of the molecule is COc1cccc(OC)c1OC/C=C\COCc1ccccc1. The molecule has 2 aromatic rings. The molecule has 0 aliphatic rings. The molecule has 0 N–H and O–H groups in total. The van der Waals surface area contributed by atoms with E-state index in [1.165, 1.54) is 0 Å². The molecule has 23 heavy (non-hydrogen) atoms. The molecule has 0 saturated heterocycles. The van der Waals surface area contributed by atoms with E-state index < -0.39 is 0 Å². The summed E-state index contributed by atoms with van der Waals surface area (Å²) in [5, 5.41) is 0. The standard InChI is InChI=1S/C19H22O4/c1-20-17-11-8-12-18(21-2)19(17)23-14-7-6-13-22-15-16-9-4-3-5-10-16/h3-12H,13-15H2,1-2H3/b7-6-. The molecule has 0 fully saturated rings. The van der Waals surface area contributed by atoms with Gasteiger partial charge in [-0.1, -0.05) is 42.5 Å². The third-order valence-corrected chi connectivity index (χ3v) is 3.20. The molecule has 0 atom stereocenters. The van der Waals surface area contributed by atoms with Gasteiger partial charge in [0.05, 0.1) is 27.4 Å². The molecule has 0 unspecified atom stereocenters. The van der Waals surface area contributed by atoms with Crippen molar-refractivity contribution in [2.75, 3.05) is 27.4 Å². The maximum Gasteiger partial charge on any atom is 0.203 e. The Balaban J connectivity index is 1.74. The number of rotatable bonds is 9. The molecule has 0 aliphatic carbocycles. The largest absolute Gasteiger partial charge is 0.493 e. The summed E-state index contributed by atoms with van der Waals surface area (Å²) in [4.78, 5) is 0. The van der Waals surface area contributed by atoms with Gasteiger partial charge in [-0.2, -0.15) is 0 Å². The van der Waals surface area contributed by atoms with E-state index in [4.69, 9.17) is 18.9 Å². The molecule has 0 spiro atoms. The van der Waals surface area contributed by atoms with Crippen LogP contribution in [0.15, 0.2) is 60.7 Å². The lowest BCUT2D eigenvalue weighted by Gasteiger charge is -2.12. The van der Waals surface area contributed by atoms with Crippen molar-refractivity contribution in [1.82, 2.24) is 0 Å². The molecule has 0 bridgehead atoms. The lowest BCUT2D eigenvalue weighted by atomic mass is 10.2. The number of hydrogen-bond donors (Lipinski definition) is 0. The van der Waals surface area contributed by atoms with Crippen molar-refractivity contribution >= 4 is 0 Å². The van der Waals surface area contributed by atoms with E-state index in [-0.39, 0.29) is 0 Å². The summed E-state index contributed by atoms with van der Waals surface area (Å²) >= 11 is 0. The number of hydrogen-bond acceptors (Lipinski definition) is 4. The first-order valence-electron chi connectivity index (χ1n) is 7.45. The van der Waals surface area contributed by atoms with Crippen LogP contribution in [-0.4, -0.2) is 27.4 Å². The van der Waals surface area contributed by atoms with Gasteiger partial charge in [0.2, 0.25) is 5.75 Å². The normalized spacial score (nSPS) is 10.7. The van der Waals surface area contributed by atoms with E-state index in [2.05, 4.69) is 0 Å². The second-order valence-corrected chi connectivity index (χ2v) is 4.77. The number of ether oxygens (including phenoxy) is 4. The van der Waals surface area contributed by atoms with E-state index in [1.54, 1.807) is 14.2 Å². The molecule has 2 rings (SSSR count). The van der Waals surface area contributed by atoms with Gasteiger partial charge in [0.1, 0.15) is 6.61 Å². The van der Waals surface area contributed by atoms with Crippen LogP contribution in [0, 0.1) is 0 Å². The molecular formula is C19H22O4. The average Bonchev–Trinajstić information content (AvgIpc) is 2.61. The van der Waals surface area contributed by atoms with Crippen molar-refractivity contribution < 1.29 is 18.9 Å². The Labute approximate surface area is 137 Å². The van der Waals surface area contributed by atoms with Crippen LogP contribution in [0.4, 0.5) is 0 Å². The van der Waals surface area contributed by atoms with Gasteiger partial charge in [-0.3, -0.25) is 0 Å². The quantitative estimate of drug-likeness (QED) is 0.520. The highest BCUT2D eigenvalue weighted by Gasteiger charge is 2.09. The van der Waals surface area contributed by atoms with E-state index in [1.807, 2.05) is 60.7 Å². The first-order valence-corrected chi connectivity index (χ1v) is 7.45. The Morgan fingerprint density at radius 3 is 2.09 bits per heavy atom. The second kappa shape index (κ2) is 9.54. The average molecular weight is 314 g/mol. The van der Waals surface area contributed by atoms with Crippen molar-refractivity contribution in [3.05, 3.63) is 66.2 Å². The number of para-hydroxylation sites is 1. The molecule has 0 aliphatic heterocycles. The minimum Gasteiger partial charge on any atom is -0.493 e. The summed E-state index contributed by atoms with van der Waals surface area (Å²) in [6, 6.07) is 15.6. The summed E-state index contributed by atoms with van der Waals surface area (Å²) in [7, 11) is 3.21. The zero-order chi connectivity index (χ0) is 16.3. The van der Waals surface area contributed by atoms with Crippen molar-refractivity contribution in [3.63, 3.8) is 0 Å². The zero-order valence-corrected chi connectivity index (χ0v) is 13.5. The Morgan fingerprint density at radius 2 is 1.43 bits per heavy atom. The highest BCUT2D eigenvalue weighted by Crippen LogP contribution is 2.36. The molecular weight excluding hydrogens is 292 g/mol. The van der Waals surface area contributed by atoms with E-state index in [0.29, 0.717) is 37.1 Å². The molecule has 0 saturated carbocycles. The van der Waals surface area contributed by atoms with Crippen molar-refractivity contribution in [2.45, 2.75) is 6.61 Å². The lowest BCUT2D eigenvalue weighted by Crippen LogP contribution is -2.00. The predicted octanol–water partition coefficient (Wildman–Crippen LogP) is 3.86. The summed E-state index contributed by atoms with van der Waals surface area (Å²) in [5.74, 6) is 1.91. The minimum absolute atomic E-state index is 0.422. The monoisotopic (exact) mass is 314 g/mol. The molecule has 4 nitrogen and oxygen atoms in total. The maximum atomic E-state index is 5.72. The van der Waals surface area contributed by atoms with Crippen LogP contribution in [0.5, 0.6) is 17.2 Å². The zero-order valence-electron chi connectivity index (χ0n) is 13.5. The van der Waals surface area contributed by atoms with Crippen LogP contribution in [0.3, 0.4) is 0 Å². The lowest BCUT2D eigenvalue weighted by molar-refractivity contribution is 0.148. The molecule has 2 aromatic carbocycles. The Morgan fingerprint density at radius 1 is 0.783 bits per heavy atom. The fourth-order valence-corrected chi connectivity index (χ4v) is 2.05. The van der Waals surface area contributed by atoms with E-state index in [0.717, 1.165) is 5.56 Å². The van der Waals surface area contributed by atoms with E-state index in [9.17, 15) is 0 Å². The van der Waals surface area contributed by atoms with Gasteiger partial charge < -0.3 is 18.9 Å². The third-order valence-electron chi connectivity index (χ3n) is 3.20. The predicted molar refractivity (Wildman–Crippen MR) is 90.3 cm³/mol. The second-order valence-electron chi connectivity index (χ2n) is 4.77. The van der Waals surface area contributed by atoms with Crippen molar-refractivity contribution in [3.8, 4) is 17.2 Å². The van der Waals surface area contributed by atoms with Crippen LogP contribution in [-0.2, 0) is 11.3 Å². The third kappa shape index (κ3) is 5.34. The smallest absolute Gasteiger partial charge is 0.203 e. The first-order chi connectivity index (χ1) is 11.3. The first kappa shape index (κ1) is 16.9. The van der Waals surface area contributed by atoms with Crippen LogP contribution in [0.1, 0.15) is 5.56 Å². The molecule has 0 heterocycles. The minimum atomic E-state index is 0.422. The Kier molecular flexibility index (Phi) is 7.01. The summed E-state index contributed by atoms with van der Waals surface area (Å²) in [6.45, 7) is 1.57. The van der Waals surface area contributed by atoms with Gasteiger partial charge in [-0.15, -0.1) is 0 Å². The van der Waals surface area contributed by atoms with Gasteiger partial charge in [0, 0.05) is 0 Å². The fraction of sp³-hybridized carbons (Fsp3) is 0.263. The molecule has 4 heteroatoms. The number of methoxy groups -OCH3 is 2. The summed E-state index contributed by atoms with van der Waals surface area (Å²) in [6.07, 6.45) is 3.85. The highest BCUT2D eigenvalue weighted by molar-refractivity contribution is 5.51. The molecule has 122 valence electrons. The van der Waals surface area contributed by atoms with Crippen LogP contribution in [0.25, 0.3) is 0 Å². The highest BCUT2D eigenvalue weighted by atomic mass is 16.5.